The van der Waals surface area contributed by atoms with E-state index in [1.807, 2.05) is 0 Å². The van der Waals surface area contributed by atoms with Crippen molar-refractivity contribution in [3.05, 3.63) is 6.42 Å². The van der Waals surface area contributed by atoms with Gasteiger partial charge in [0.2, 0.25) is 0 Å². The van der Waals surface area contributed by atoms with Gasteiger partial charge in [-0.3, -0.25) is 0 Å². The zero-order chi connectivity index (χ0) is 14.0. The van der Waals surface area contributed by atoms with Crippen molar-refractivity contribution >= 4 is 0 Å². The summed E-state index contributed by atoms with van der Waals surface area (Å²) in [6.07, 6.45) is 13.4. The molecule has 18 heavy (non-hydrogen) atoms. The molecular weight excluding hydrogens is 216 g/mol. The molecule has 0 spiro atoms. The second-order valence-corrected chi connectivity index (χ2v) is 6.28. The van der Waals surface area contributed by atoms with Crippen molar-refractivity contribution in [2.75, 3.05) is 0 Å². The van der Waals surface area contributed by atoms with E-state index in [1.54, 1.807) is 0 Å². The van der Waals surface area contributed by atoms with Gasteiger partial charge in [0.05, 0.1) is 0 Å². The lowest BCUT2D eigenvalue weighted by Crippen LogP contribution is -2.21. The van der Waals surface area contributed by atoms with Gasteiger partial charge in [-0.05, 0) is 42.9 Å². The Morgan fingerprint density at radius 3 is 1.89 bits per heavy atom. The predicted octanol–water partition coefficient (Wildman–Crippen LogP) is 6.65. The van der Waals surface area contributed by atoms with Crippen LogP contribution in [0, 0.1) is 23.7 Å². The second kappa shape index (κ2) is 9.87. The molecule has 1 radical (unpaired) electrons. The van der Waals surface area contributed by atoms with Crippen LogP contribution in [-0.2, 0) is 0 Å². The van der Waals surface area contributed by atoms with Crippen LogP contribution in [0.5, 0.6) is 0 Å². The lowest BCUT2D eigenvalue weighted by molar-refractivity contribution is 0.262. The lowest BCUT2D eigenvalue weighted by Gasteiger charge is -2.33. The molecule has 0 saturated heterocycles. The van der Waals surface area contributed by atoms with E-state index in [-0.39, 0.29) is 0 Å². The Labute approximate surface area is 117 Å². The van der Waals surface area contributed by atoms with Crippen molar-refractivity contribution in [2.24, 2.45) is 17.3 Å². The lowest BCUT2D eigenvalue weighted by atomic mass is 9.73. The first-order valence-electron chi connectivity index (χ1n) is 8.41. The van der Waals surface area contributed by atoms with E-state index in [0.29, 0.717) is 5.41 Å². The smallest absolute Gasteiger partial charge is 0.0272 e. The van der Waals surface area contributed by atoms with Crippen LogP contribution < -0.4 is 0 Å². The monoisotopic (exact) mass is 253 g/mol. The van der Waals surface area contributed by atoms with Crippen LogP contribution in [0.3, 0.4) is 0 Å². The Balaban J connectivity index is 4.17. The highest BCUT2D eigenvalue weighted by molar-refractivity contribution is 4.91. The average molecular weight is 253 g/mol. The highest BCUT2D eigenvalue weighted by Gasteiger charge is 2.25. The number of rotatable bonds is 11. The molecule has 0 nitrogen and oxygen atoms in total. The molecule has 0 saturated carbocycles. The first-order chi connectivity index (χ1) is 8.57. The fourth-order valence-corrected chi connectivity index (χ4v) is 3.23. The van der Waals surface area contributed by atoms with E-state index >= 15 is 0 Å². The second-order valence-electron chi connectivity index (χ2n) is 6.28. The average Bonchev–Trinajstić information content (AvgIpc) is 2.41. The third-order valence-electron chi connectivity index (χ3n) is 5.00. The molecule has 0 bridgehead atoms. The van der Waals surface area contributed by atoms with Gasteiger partial charge in [-0.1, -0.05) is 73.6 Å². The van der Waals surface area contributed by atoms with Crippen LogP contribution in [0.25, 0.3) is 0 Å². The summed E-state index contributed by atoms with van der Waals surface area (Å²) in [6, 6.07) is 0. The topological polar surface area (TPSA) is 0 Å². The summed E-state index contributed by atoms with van der Waals surface area (Å²) in [5.74, 6) is 1.81. The molecule has 0 aliphatic heterocycles. The first-order valence-corrected chi connectivity index (χ1v) is 8.41. The molecule has 0 heterocycles. The summed E-state index contributed by atoms with van der Waals surface area (Å²) >= 11 is 0. The van der Waals surface area contributed by atoms with Gasteiger partial charge < -0.3 is 0 Å². The summed E-state index contributed by atoms with van der Waals surface area (Å²) in [4.78, 5) is 0. The van der Waals surface area contributed by atoms with Crippen molar-refractivity contribution < 1.29 is 0 Å². The number of hydrogen-bond donors (Lipinski definition) is 0. The van der Waals surface area contributed by atoms with Crippen molar-refractivity contribution in [3.8, 4) is 0 Å². The van der Waals surface area contributed by atoms with Gasteiger partial charge >= 0.3 is 0 Å². The Bertz CT molecular complexity index is 174. The van der Waals surface area contributed by atoms with Gasteiger partial charge in [0.15, 0.2) is 0 Å². The van der Waals surface area contributed by atoms with Crippen molar-refractivity contribution in [1.29, 1.82) is 0 Å². The van der Waals surface area contributed by atoms with E-state index in [1.165, 1.54) is 51.4 Å². The largest absolute Gasteiger partial charge is 0.0654 e. The third kappa shape index (κ3) is 6.25. The Morgan fingerprint density at radius 1 is 0.944 bits per heavy atom. The predicted molar refractivity (Wildman–Crippen MR) is 84.7 cm³/mol. The molecule has 0 aliphatic rings. The van der Waals surface area contributed by atoms with E-state index < -0.39 is 0 Å². The van der Waals surface area contributed by atoms with Crippen LogP contribution in [-0.4, -0.2) is 0 Å². The summed E-state index contributed by atoms with van der Waals surface area (Å²) in [6.45, 7) is 14.2. The minimum absolute atomic E-state index is 0.525. The Hall–Kier alpha value is 0. The molecule has 0 amide bonds. The fraction of sp³-hybridized carbons (Fsp3) is 0.944. The van der Waals surface area contributed by atoms with E-state index in [0.717, 1.165) is 11.8 Å². The van der Waals surface area contributed by atoms with Gasteiger partial charge in [-0.25, -0.2) is 0 Å². The van der Waals surface area contributed by atoms with E-state index in [2.05, 4.69) is 48.0 Å². The molecule has 1 unspecified atom stereocenters. The summed E-state index contributed by atoms with van der Waals surface area (Å²) < 4.78 is 0. The molecule has 0 aromatic heterocycles. The highest BCUT2D eigenvalue weighted by atomic mass is 14.3. The van der Waals surface area contributed by atoms with Gasteiger partial charge in [0.1, 0.15) is 0 Å². The maximum Gasteiger partial charge on any atom is -0.0272 e. The molecule has 0 rings (SSSR count). The minimum Gasteiger partial charge on any atom is -0.0654 e. The van der Waals surface area contributed by atoms with Crippen LogP contribution in [0.2, 0.25) is 0 Å². The first kappa shape index (κ1) is 18.0. The zero-order valence-electron chi connectivity index (χ0n) is 13.9. The zero-order valence-corrected chi connectivity index (χ0v) is 13.9. The molecule has 0 aromatic carbocycles. The highest BCUT2D eigenvalue weighted by Crippen LogP contribution is 2.38. The molecule has 0 heteroatoms. The van der Waals surface area contributed by atoms with Crippen LogP contribution in [0.4, 0.5) is 0 Å². The molecule has 109 valence electrons. The molecular formula is C18H37. The Morgan fingerprint density at radius 2 is 1.50 bits per heavy atom. The van der Waals surface area contributed by atoms with Crippen molar-refractivity contribution in [3.63, 3.8) is 0 Å². The molecule has 0 aromatic rings. The maximum atomic E-state index is 2.67. The van der Waals surface area contributed by atoms with Gasteiger partial charge in [-0.15, -0.1) is 0 Å². The minimum atomic E-state index is 0.525. The quantitative estimate of drug-likeness (QED) is 0.387. The maximum absolute atomic E-state index is 2.67. The molecule has 0 aliphatic carbocycles. The summed E-state index contributed by atoms with van der Waals surface area (Å²) in [7, 11) is 0. The van der Waals surface area contributed by atoms with Gasteiger partial charge in [-0.2, -0.15) is 0 Å². The van der Waals surface area contributed by atoms with E-state index in [9.17, 15) is 0 Å². The van der Waals surface area contributed by atoms with Crippen LogP contribution in [0.15, 0.2) is 0 Å². The van der Waals surface area contributed by atoms with Gasteiger partial charge in [0, 0.05) is 0 Å². The van der Waals surface area contributed by atoms with Crippen molar-refractivity contribution in [1.82, 2.24) is 0 Å². The summed E-state index contributed by atoms with van der Waals surface area (Å²) in [5.41, 5.74) is 0.525. The molecule has 0 N–H and O–H groups in total. The number of hydrogen-bond acceptors (Lipinski definition) is 0. The Kier molecular flexibility index (Phi) is 9.87. The SMILES string of the molecule is CCCC([CH]CC(C)CC(CC)CC)(CC)CC. The standard InChI is InChI=1S/C18H37/c1-7-13-18(10-4,11-5)14-12-16(6)15-17(8-2)9-3/h14,16-17H,7-13,15H2,1-6H3. The summed E-state index contributed by atoms with van der Waals surface area (Å²) in [5, 5.41) is 0. The molecule has 1 atom stereocenters. The molecule has 0 fully saturated rings. The van der Waals surface area contributed by atoms with Crippen LogP contribution in [0.1, 0.15) is 92.9 Å². The third-order valence-corrected chi connectivity index (χ3v) is 5.00. The van der Waals surface area contributed by atoms with Crippen molar-refractivity contribution in [2.45, 2.75) is 92.9 Å². The van der Waals surface area contributed by atoms with Crippen LogP contribution >= 0.6 is 0 Å². The normalized spacial score (nSPS) is 14.2. The fourth-order valence-electron chi connectivity index (χ4n) is 3.23. The van der Waals surface area contributed by atoms with E-state index in [4.69, 9.17) is 0 Å². The van der Waals surface area contributed by atoms with Gasteiger partial charge in [0.25, 0.3) is 0 Å².